The molecule has 0 aromatic heterocycles. The summed E-state index contributed by atoms with van der Waals surface area (Å²) in [6.45, 7) is 4.39. The van der Waals surface area contributed by atoms with Crippen molar-refractivity contribution in [3.8, 4) is 6.07 Å². The first-order valence-corrected chi connectivity index (χ1v) is 7.53. The van der Waals surface area contributed by atoms with Gasteiger partial charge in [-0.15, -0.1) is 0 Å². The van der Waals surface area contributed by atoms with E-state index in [1.807, 2.05) is 19.9 Å². The van der Waals surface area contributed by atoms with Gasteiger partial charge in [0.15, 0.2) is 0 Å². The minimum absolute atomic E-state index is 0.120. The first-order chi connectivity index (χ1) is 8.95. The molecule has 1 aliphatic heterocycles. The molecule has 0 radical (unpaired) electrons. The fraction of sp³-hybridized carbons (Fsp3) is 0.462. The Balaban J connectivity index is 2.38. The summed E-state index contributed by atoms with van der Waals surface area (Å²) < 4.78 is 32.0. The van der Waals surface area contributed by atoms with Gasteiger partial charge >= 0.3 is 0 Å². The van der Waals surface area contributed by atoms with E-state index in [1.54, 1.807) is 12.1 Å². The van der Waals surface area contributed by atoms with Gasteiger partial charge in [0, 0.05) is 12.6 Å². The van der Waals surface area contributed by atoms with Crippen LogP contribution in [0.15, 0.2) is 29.2 Å². The zero-order chi connectivity index (χ0) is 14.0. The lowest BCUT2D eigenvalue weighted by Crippen LogP contribution is -2.50. The average Bonchev–Trinajstić information content (AvgIpc) is 2.41. The molecule has 6 heteroatoms. The largest absolute Gasteiger partial charge is 0.375 e. The predicted octanol–water partition coefficient (Wildman–Crippen LogP) is 1.36. The number of morpholine rings is 1. The van der Waals surface area contributed by atoms with Gasteiger partial charge in [0.2, 0.25) is 10.0 Å². The molecule has 0 bridgehead atoms. The zero-order valence-corrected chi connectivity index (χ0v) is 11.7. The molecule has 1 aliphatic rings. The summed E-state index contributed by atoms with van der Waals surface area (Å²) in [4.78, 5) is 0.160. The fourth-order valence-corrected chi connectivity index (χ4v) is 3.81. The molecule has 2 unspecified atom stereocenters. The van der Waals surface area contributed by atoms with E-state index in [0.29, 0.717) is 18.7 Å². The topological polar surface area (TPSA) is 70.4 Å². The Labute approximate surface area is 113 Å². The van der Waals surface area contributed by atoms with Crippen molar-refractivity contribution in [2.45, 2.75) is 30.9 Å². The van der Waals surface area contributed by atoms with E-state index in [-0.39, 0.29) is 17.0 Å². The number of ether oxygens (including phenoxy) is 1. The number of benzene rings is 1. The van der Waals surface area contributed by atoms with Crippen molar-refractivity contribution in [3.05, 3.63) is 29.8 Å². The van der Waals surface area contributed by atoms with Crippen molar-refractivity contribution in [1.29, 1.82) is 5.26 Å². The second-order valence-corrected chi connectivity index (χ2v) is 6.60. The molecule has 0 N–H and O–H groups in total. The van der Waals surface area contributed by atoms with Crippen LogP contribution in [0.3, 0.4) is 0 Å². The van der Waals surface area contributed by atoms with Crippen LogP contribution in [-0.2, 0) is 14.8 Å². The zero-order valence-electron chi connectivity index (χ0n) is 10.9. The first-order valence-electron chi connectivity index (χ1n) is 6.09. The minimum atomic E-state index is -3.57. The van der Waals surface area contributed by atoms with Gasteiger partial charge in [0.1, 0.15) is 0 Å². The number of rotatable bonds is 2. The van der Waals surface area contributed by atoms with Crippen molar-refractivity contribution in [2.75, 3.05) is 13.2 Å². The Bertz CT molecular complexity index is 607. The van der Waals surface area contributed by atoms with Gasteiger partial charge in [-0.05, 0) is 32.0 Å². The van der Waals surface area contributed by atoms with Crippen molar-refractivity contribution in [2.24, 2.45) is 0 Å². The maximum absolute atomic E-state index is 12.6. The van der Waals surface area contributed by atoms with E-state index in [1.165, 1.54) is 16.4 Å². The molecule has 1 fully saturated rings. The van der Waals surface area contributed by atoms with Crippen molar-refractivity contribution >= 4 is 10.0 Å². The van der Waals surface area contributed by atoms with Gasteiger partial charge in [-0.3, -0.25) is 0 Å². The molecule has 1 aromatic carbocycles. The second kappa shape index (κ2) is 5.29. The summed E-state index contributed by atoms with van der Waals surface area (Å²) in [6.07, 6.45) is -0.120. The normalized spacial score (nSPS) is 24.9. The lowest BCUT2D eigenvalue weighted by Gasteiger charge is -2.35. The first kappa shape index (κ1) is 14.0. The highest BCUT2D eigenvalue weighted by atomic mass is 32.2. The van der Waals surface area contributed by atoms with Gasteiger partial charge in [-0.2, -0.15) is 9.57 Å². The van der Waals surface area contributed by atoms with E-state index in [9.17, 15) is 8.42 Å². The molecule has 0 aliphatic carbocycles. The summed E-state index contributed by atoms with van der Waals surface area (Å²) in [7, 11) is -3.57. The molecule has 102 valence electrons. The number of sulfonamides is 1. The Morgan fingerprint density at radius 2 is 2.16 bits per heavy atom. The van der Waals surface area contributed by atoms with Crippen LogP contribution in [0, 0.1) is 11.3 Å². The average molecular weight is 280 g/mol. The molecular formula is C13H16N2O3S. The Kier molecular flexibility index (Phi) is 3.90. The van der Waals surface area contributed by atoms with E-state index in [0.717, 1.165) is 0 Å². The summed E-state index contributed by atoms with van der Waals surface area (Å²) in [5.74, 6) is 0. The van der Waals surface area contributed by atoms with E-state index >= 15 is 0 Å². The number of nitriles is 1. The number of hydrogen-bond donors (Lipinski definition) is 0. The molecule has 1 saturated heterocycles. The molecule has 1 heterocycles. The molecule has 1 aromatic rings. The van der Waals surface area contributed by atoms with Crippen LogP contribution in [-0.4, -0.2) is 38.0 Å². The molecule has 0 amide bonds. The van der Waals surface area contributed by atoms with Crippen LogP contribution in [0.2, 0.25) is 0 Å². The van der Waals surface area contributed by atoms with Crippen LogP contribution in [0.5, 0.6) is 0 Å². The van der Waals surface area contributed by atoms with Gasteiger partial charge in [-0.1, -0.05) is 6.07 Å². The highest BCUT2D eigenvalue weighted by molar-refractivity contribution is 7.89. The quantitative estimate of drug-likeness (QED) is 0.820. The Morgan fingerprint density at radius 1 is 1.42 bits per heavy atom. The molecule has 19 heavy (non-hydrogen) atoms. The molecule has 5 nitrogen and oxygen atoms in total. The second-order valence-electron chi connectivity index (χ2n) is 4.71. The lowest BCUT2D eigenvalue weighted by molar-refractivity contribution is -0.0170. The molecule has 0 spiro atoms. The molecule has 0 saturated carbocycles. The van der Waals surface area contributed by atoms with Crippen molar-refractivity contribution in [1.82, 2.24) is 4.31 Å². The molecular weight excluding hydrogens is 264 g/mol. The Morgan fingerprint density at radius 3 is 2.84 bits per heavy atom. The SMILES string of the molecule is CC1CN(S(=O)(=O)c2cccc(C#N)c2)C(C)CO1. The summed E-state index contributed by atoms with van der Waals surface area (Å²) in [5, 5.41) is 8.85. The van der Waals surface area contributed by atoms with Crippen LogP contribution in [0.25, 0.3) is 0 Å². The third kappa shape index (κ3) is 2.78. The van der Waals surface area contributed by atoms with E-state index < -0.39 is 10.0 Å². The molecule has 2 atom stereocenters. The van der Waals surface area contributed by atoms with Gasteiger partial charge in [0.05, 0.1) is 29.2 Å². The van der Waals surface area contributed by atoms with Gasteiger partial charge in [0.25, 0.3) is 0 Å². The van der Waals surface area contributed by atoms with Gasteiger partial charge < -0.3 is 4.74 Å². The Hall–Kier alpha value is -1.42. The number of nitrogens with zero attached hydrogens (tertiary/aromatic N) is 2. The summed E-state index contributed by atoms with van der Waals surface area (Å²) >= 11 is 0. The van der Waals surface area contributed by atoms with Crippen LogP contribution >= 0.6 is 0 Å². The monoisotopic (exact) mass is 280 g/mol. The smallest absolute Gasteiger partial charge is 0.243 e. The predicted molar refractivity (Wildman–Crippen MR) is 69.9 cm³/mol. The molecule has 2 rings (SSSR count). The minimum Gasteiger partial charge on any atom is -0.375 e. The van der Waals surface area contributed by atoms with Crippen molar-refractivity contribution in [3.63, 3.8) is 0 Å². The number of hydrogen-bond acceptors (Lipinski definition) is 4. The standard InChI is InChI=1S/C13H16N2O3S/c1-10-9-18-11(2)8-15(10)19(16,17)13-5-3-4-12(6-13)7-14/h3-6,10-11H,8-9H2,1-2H3. The highest BCUT2D eigenvalue weighted by Gasteiger charge is 2.34. The van der Waals surface area contributed by atoms with Crippen LogP contribution in [0.1, 0.15) is 19.4 Å². The van der Waals surface area contributed by atoms with Crippen LogP contribution < -0.4 is 0 Å². The van der Waals surface area contributed by atoms with E-state index in [4.69, 9.17) is 10.00 Å². The lowest BCUT2D eigenvalue weighted by atomic mass is 10.2. The van der Waals surface area contributed by atoms with E-state index in [2.05, 4.69) is 0 Å². The highest BCUT2D eigenvalue weighted by Crippen LogP contribution is 2.22. The van der Waals surface area contributed by atoms with Crippen molar-refractivity contribution < 1.29 is 13.2 Å². The maximum Gasteiger partial charge on any atom is 0.243 e. The maximum atomic E-state index is 12.6. The summed E-state index contributed by atoms with van der Waals surface area (Å²) in [5.41, 5.74) is 0.343. The van der Waals surface area contributed by atoms with Gasteiger partial charge in [-0.25, -0.2) is 8.42 Å². The third-order valence-corrected chi connectivity index (χ3v) is 5.10. The fourth-order valence-electron chi connectivity index (χ4n) is 2.07. The third-order valence-electron chi connectivity index (χ3n) is 3.12. The summed E-state index contributed by atoms with van der Waals surface area (Å²) in [6, 6.07) is 7.85. The van der Waals surface area contributed by atoms with Crippen LogP contribution in [0.4, 0.5) is 0 Å².